The highest BCUT2D eigenvalue weighted by molar-refractivity contribution is 6.30. The van der Waals surface area contributed by atoms with Gasteiger partial charge in [-0.15, -0.1) is 0 Å². The molecule has 0 radical (unpaired) electrons. The number of carbonyl (C=O) groups is 2. The van der Waals surface area contributed by atoms with E-state index in [4.69, 9.17) is 16.3 Å². The highest BCUT2D eigenvalue weighted by Crippen LogP contribution is 2.60. The van der Waals surface area contributed by atoms with Crippen LogP contribution in [-0.2, 0) is 9.59 Å². The minimum atomic E-state index is -0.589. The van der Waals surface area contributed by atoms with Crippen LogP contribution in [0.4, 0.5) is 4.39 Å². The van der Waals surface area contributed by atoms with Crippen molar-refractivity contribution in [1.82, 2.24) is 21.5 Å². The smallest absolute Gasteiger partial charge is 0.258 e. The molecule has 1 saturated heterocycles. The zero-order valence-electron chi connectivity index (χ0n) is 14.0. The highest BCUT2D eigenvalue weighted by Gasteiger charge is 2.69. The van der Waals surface area contributed by atoms with Crippen molar-refractivity contribution < 1.29 is 18.7 Å². The van der Waals surface area contributed by atoms with Gasteiger partial charge in [-0.1, -0.05) is 11.6 Å². The molecule has 7 nitrogen and oxygen atoms in total. The summed E-state index contributed by atoms with van der Waals surface area (Å²) >= 11 is 5.61. The van der Waals surface area contributed by atoms with Crippen LogP contribution in [0.15, 0.2) is 18.2 Å². The maximum atomic E-state index is 13.3. The Kier molecular flexibility index (Phi) is 4.29. The number of hydrazine groups is 1. The molecule has 5 rings (SSSR count). The molecule has 4 fully saturated rings. The molecule has 1 aliphatic heterocycles. The summed E-state index contributed by atoms with van der Waals surface area (Å²) in [5.41, 5.74) is 5.47. The molecule has 26 heavy (non-hydrogen) atoms. The van der Waals surface area contributed by atoms with E-state index in [1.54, 1.807) is 0 Å². The fourth-order valence-corrected chi connectivity index (χ4v) is 4.23. The zero-order valence-corrected chi connectivity index (χ0v) is 14.8. The maximum absolute atomic E-state index is 13.3. The minimum absolute atomic E-state index is 0.00665. The molecule has 1 heterocycles. The third-order valence-electron chi connectivity index (χ3n) is 5.28. The van der Waals surface area contributed by atoms with E-state index in [-0.39, 0.29) is 46.2 Å². The Balaban J connectivity index is 1.21. The summed E-state index contributed by atoms with van der Waals surface area (Å²) in [6, 6.07) is 4.04. The maximum Gasteiger partial charge on any atom is 0.258 e. The van der Waals surface area contributed by atoms with Gasteiger partial charge in [0.1, 0.15) is 11.6 Å². The van der Waals surface area contributed by atoms with Gasteiger partial charge in [0.25, 0.3) is 5.91 Å². The van der Waals surface area contributed by atoms with Crippen LogP contribution < -0.4 is 26.2 Å². The second kappa shape index (κ2) is 6.37. The molecule has 0 atom stereocenters. The number of benzene rings is 1. The summed E-state index contributed by atoms with van der Waals surface area (Å²) in [5, 5.41) is 6.08. The number of halogens is 2. The van der Waals surface area contributed by atoms with E-state index in [1.807, 2.05) is 0 Å². The fraction of sp³-hybridized carbons (Fsp3) is 0.529. The van der Waals surface area contributed by atoms with Crippen LogP contribution in [0.3, 0.4) is 0 Å². The van der Waals surface area contributed by atoms with Gasteiger partial charge in [0, 0.05) is 30.2 Å². The molecular formula is C17H20ClFN4O3. The Hall–Kier alpha value is -1.90. The number of rotatable bonds is 6. The van der Waals surface area contributed by atoms with Crippen LogP contribution in [-0.4, -0.2) is 42.6 Å². The van der Waals surface area contributed by atoms with Gasteiger partial charge in [0.2, 0.25) is 5.91 Å². The molecular weight excluding hydrogens is 363 g/mol. The molecule has 4 N–H and O–H groups in total. The topological polar surface area (TPSA) is 91.5 Å². The first kappa shape index (κ1) is 17.5. The molecule has 140 valence electrons. The number of hydrogen-bond donors (Lipinski definition) is 4. The van der Waals surface area contributed by atoms with E-state index < -0.39 is 5.82 Å². The number of amides is 2. The van der Waals surface area contributed by atoms with Gasteiger partial charge in [-0.3, -0.25) is 20.4 Å². The molecule has 9 heteroatoms. The lowest BCUT2D eigenvalue weighted by molar-refractivity contribution is -0.151. The molecule has 4 aliphatic rings. The van der Waals surface area contributed by atoms with Gasteiger partial charge in [-0.2, -0.15) is 0 Å². The van der Waals surface area contributed by atoms with E-state index in [1.165, 1.54) is 12.1 Å². The van der Waals surface area contributed by atoms with Crippen molar-refractivity contribution in [2.45, 2.75) is 30.3 Å². The summed E-state index contributed by atoms with van der Waals surface area (Å²) < 4.78 is 18.6. The molecule has 2 bridgehead atoms. The molecule has 3 saturated carbocycles. The summed E-state index contributed by atoms with van der Waals surface area (Å²) in [7, 11) is 0. The van der Waals surface area contributed by atoms with Crippen LogP contribution in [0.1, 0.15) is 19.3 Å². The lowest BCUT2D eigenvalue weighted by atomic mass is 9.44. The molecule has 0 aromatic heterocycles. The summed E-state index contributed by atoms with van der Waals surface area (Å²) in [6.07, 6.45) is 2.21. The van der Waals surface area contributed by atoms with E-state index >= 15 is 0 Å². The van der Waals surface area contributed by atoms with Crippen LogP contribution >= 0.6 is 11.6 Å². The van der Waals surface area contributed by atoms with Crippen molar-refractivity contribution in [3.8, 4) is 5.75 Å². The molecule has 1 aromatic rings. The Morgan fingerprint density at radius 3 is 2.50 bits per heavy atom. The van der Waals surface area contributed by atoms with Crippen molar-refractivity contribution in [2.75, 3.05) is 19.7 Å². The normalized spacial score (nSPS) is 29.5. The average Bonchev–Trinajstić information content (AvgIpc) is 3.07. The lowest BCUT2D eigenvalue weighted by Gasteiger charge is -2.70. The summed E-state index contributed by atoms with van der Waals surface area (Å²) in [4.78, 5) is 24.3. The summed E-state index contributed by atoms with van der Waals surface area (Å²) in [6.45, 7) is 1.07. The third kappa shape index (κ3) is 3.24. The van der Waals surface area contributed by atoms with Gasteiger partial charge in [-0.05, 0) is 31.4 Å². The first-order valence-corrected chi connectivity index (χ1v) is 8.93. The highest BCUT2D eigenvalue weighted by atomic mass is 35.5. The minimum Gasteiger partial charge on any atom is -0.484 e. The molecule has 0 spiro atoms. The van der Waals surface area contributed by atoms with Gasteiger partial charge in [0.05, 0.1) is 10.9 Å². The Labute approximate surface area is 155 Å². The molecule has 2 amide bonds. The predicted molar refractivity (Wildman–Crippen MR) is 92.0 cm³/mol. The van der Waals surface area contributed by atoms with E-state index in [0.29, 0.717) is 13.1 Å². The van der Waals surface area contributed by atoms with Gasteiger partial charge in [-0.25, -0.2) is 4.39 Å². The van der Waals surface area contributed by atoms with Crippen LogP contribution in [0.25, 0.3) is 0 Å². The summed E-state index contributed by atoms with van der Waals surface area (Å²) in [5.74, 6) is -0.598. The number of carbonyl (C=O) groups excluding carboxylic acids is 2. The third-order valence-corrected chi connectivity index (χ3v) is 5.58. The molecule has 0 unspecified atom stereocenters. The van der Waals surface area contributed by atoms with Crippen LogP contribution in [0.5, 0.6) is 5.75 Å². The van der Waals surface area contributed by atoms with Crippen molar-refractivity contribution in [2.24, 2.45) is 5.92 Å². The van der Waals surface area contributed by atoms with Gasteiger partial charge < -0.3 is 15.4 Å². The standard InChI is InChI=1S/C17H20ClFN4O3/c18-12-2-1-11(3-13(12)19)26-6-14(24)22-16-7-17(8-16,9-16)23-15(25)10-4-20-21-5-10/h1-3,10,20-21H,4-9H2,(H,22,24)(H,23,25). The van der Waals surface area contributed by atoms with E-state index in [9.17, 15) is 14.0 Å². The Morgan fingerprint density at radius 1 is 1.19 bits per heavy atom. The van der Waals surface area contributed by atoms with Crippen molar-refractivity contribution in [3.05, 3.63) is 29.0 Å². The predicted octanol–water partition coefficient (Wildman–Crippen LogP) is 0.489. The Morgan fingerprint density at radius 2 is 1.85 bits per heavy atom. The second-order valence-electron chi connectivity index (χ2n) is 7.45. The van der Waals surface area contributed by atoms with E-state index in [2.05, 4.69) is 21.5 Å². The SMILES string of the molecule is O=C(COc1ccc(Cl)c(F)c1)NC12CC(NC(=O)C3CNNC3)(C1)C2. The van der Waals surface area contributed by atoms with Gasteiger partial charge in [0.15, 0.2) is 6.61 Å². The van der Waals surface area contributed by atoms with Crippen molar-refractivity contribution in [1.29, 1.82) is 0 Å². The molecule has 3 aliphatic carbocycles. The average molecular weight is 383 g/mol. The number of hydrogen-bond acceptors (Lipinski definition) is 5. The van der Waals surface area contributed by atoms with Crippen molar-refractivity contribution in [3.63, 3.8) is 0 Å². The van der Waals surface area contributed by atoms with Crippen molar-refractivity contribution >= 4 is 23.4 Å². The largest absolute Gasteiger partial charge is 0.484 e. The van der Waals surface area contributed by atoms with Crippen LogP contribution in [0.2, 0.25) is 5.02 Å². The first-order chi connectivity index (χ1) is 12.4. The lowest BCUT2D eigenvalue weighted by Crippen LogP contribution is -2.84. The number of nitrogens with one attached hydrogen (secondary N) is 4. The monoisotopic (exact) mass is 382 g/mol. The van der Waals surface area contributed by atoms with Crippen LogP contribution in [0, 0.1) is 11.7 Å². The quantitative estimate of drug-likeness (QED) is 0.575. The van der Waals surface area contributed by atoms with Gasteiger partial charge >= 0.3 is 0 Å². The number of ether oxygens (including phenoxy) is 1. The van der Waals surface area contributed by atoms with E-state index in [0.717, 1.165) is 25.3 Å². The first-order valence-electron chi connectivity index (χ1n) is 8.55. The fourth-order valence-electron chi connectivity index (χ4n) is 4.11. The zero-order chi connectivity index (χ0) is 18.4. The second-order valence-corrected chi connectivity index (χ2v) is 7.86. The molecule has 1 aromatic carbocycles. The Bertz CT molecular complexity index is 734.